The lowest BCUT2D eigenvalue weighted by Gasteiger charge is -2.26. The molecule has 0 saturated carbocycles. The lowest BCUT2D eigenvalue weighted by molar-refractivity contribution is 0.0697. The Morgan fingerprint density at radius 1 is 1.00 bits per heavy atom. The van der Waals surface area contributed by atoms with Crippen molar-refractivity contribution in [2.75, 3.05) is 12.0 Å². The Labute approximate surface area is 163 Å². The van der Waals surface area contributed by atoms with Crippen molar-refractivity contribution in [3.05, 3.63) is 89.0 Å². The first kappa shape index (κ1) is 20.2. The number of halogens is 4. The fraction of sp³-hybridized carbons (Fsp3) is 0.0952. The van der Waals surface area contributed by atoms with Crippen LogP contribution >= 0.6 is 0 Å². The Morgan fingerprint density at radius 3 is 2.38 bits per heavy atom. The molecule has 3 aromatic carbocycles. The predicted octanol–water partition coefficient (Wildman–Crippen LogP) is 5.29. The number of benzene rings is 3. The van der Waals surface area contributed by atoms with Crippen molar-refractivity contribution in [3.8, 4) is 5.75 Å². The van der Waals surface area contributed by atoms with Gasteiger partial charge in [-0.15, -0.1) is 0 Å². The van der Waals surface area contributed by atoms with E-state index in [-0.39, 0.29) is 17.8 Å². The number of nitrogens with zero attached hydrogens (tertiary/aromatic N) is 1. The molecule has 150 valence electrons. The Balaban J connectivity index is 2.18. The SMILES string of the molecule is COc1c(F)cc(N(Cc2cccc(F)c2)c2cccc(C(=O)O)c2)c(F)c1F. The van der Waals surface area contributed by atoms with Crippen LogP contribution in [0, 0.1) is 23.3 Å². The summed E-state index contributed by atoms with van der Waals surface area (Å²) in [5, 5.41) is 9.22. The van der Waals surface area contributed by atoms with E-state index in [4.69, 9.17) is 0 Å². The Kier molecular flexibility index (Phi) is 5.72. The van der Waals surface area contributed by atoms with Gasteiger partial charge in [-0.05, 0) is 35.9 Å². The number of methoxy groups -OCH3 is 1. The Hall–Kier alpha value is -3.55. The minimum Gasteiger partial charge on any atom is -0.491 e. The van der Waals surface area contributed by atoms with Gasteiger partial charge in [-0.3, -0.25) is 0 Å². The molecule has 0 aliphatic rings. The van der Waals surface area contributed by atoms with Gasteiger partial charge in [0.15, 0.2) is 17.4 Å². The van der Waals surface area contributed by atoms with Crippen molar-refractivity contribution in [3.63, 3.8) is 0 Å². The maximum atomic E-state index is 14.8. The molecule has 3 aromatic rings. The zero-order valence-electron chi connectivity index (χ0n) is 15.1. The van der Waals surface area contributed by atoms with E-state index >= 15 is 0 Å². The van der Waals surface area contributed by atoms with Gasteiger partial charge >= 0.3 is 5.97 Å². The van der Waals surface area contributed by atoms with Gasteiger partial charge in [-0.1, -0.05) is 18.2 Å². The average molecular weight is 405 g/mol. The van der Waals surface area contributed by atoms with E-state index < -0.39 is 40.7 Å². The molecule has 0 unspecified atom stereocenters. The average Bonchev–Trinajstić information content (AvgIpc) is 2.69. The van der Waals surface area contributed by atoms with Crippen LogP contribution in [-0.2, 0) is 6.54 Å². The first-order chi connectivity index (χ1) is 13.8. The summed E-state index contributed by atoms with van der Waals surface area (Å²) in [4.78, 5) is 12.5. The van der Waals surface area contributed by atoms with Gasteiger partial charge in [0, 0.05) is 18.3 Å². The maximum Gasteiger partial charge on any atom is 0.335 e. The molecule has 0 radical (unpaired) electrons. The zero-order chi connectivity index (χ0) is 21.1. The largest absolute Gasteiger partial charge is 0.491 e. The quantitative estimate of drug-likeness (QED) is 0.447. The van der Waals surface area contributed by atoms with E-state index in [9.17, 15) is 27.5 Å². The van der Waals surface area contributed by atoms with Gasteiger partial charge in [0.05, 0.1) is 18.4 Å². The molecule has 4 nitrogen and oxygen atoms in total. The summed E-state index contributed by atoms with van der Waals surface area (Å²) < 4.78 is 61.4. The molecule has 0 heterocycles. The van der Waals surface area contributed by atoms with Gasteiger partial charge in [-0.25, -0.2) is 18.0 Å². The smallest absolute Gasteiger partial charge is 0.335 e. The molecule has 1 N–H and O–H groups in total. The van der Waals surface area contributed by atoms with E-state index in [1.54, 1.807) is 6.07 Å². The highest BCUT2D eigenvalue weighted by molar-refractivity contribution is 5.89. The maximum absolute atomic E-state index is 14.8. The highest BCUT2D eigenvalue weighted by atomic mass is 19.2. The Bertz CT molecular complexity index is 1070. The molecule has 0 spiro atoms. The van der Waals surface area contributed by atoms with E-state index in [0.29, 0.717) is 5.56 Å². The lowest BCUT2D eigenvalue weighted by atomic mass is 10.1. The number of hydrogen-bond acceptors (Lipinski definition) is 3. The number of anilines is 2. The second-order valence-electron chi connectivity index (χ2n) is 6.11. The number of carbonyl (C=O) groups is 1. The van der Waals surface area contributed by atoms with Crippen molar-refractivity contribution in [2.24, 2.45) is 0 Å². The summed E-state index contributed by atoms with van der Waals surface area (Å²) >= 11 is 0. The molecule has 8 heteroatoms. The fourth-order valence-corrected chi connectivity index (χ4v) is 2.89. The van der Waals surface area contributed by atoms with Crippen LogP contribution in [0.1, 0.15) is 15.9 Å². The lowest BCUT2D eigenvalue weighted by Crippen LogP contribution is -2.19. The highest BCUT2D eigenvalue weighted by Crippen LogP contribution is 2.36. The summed E-state index contributed by atoms with van der Waals surface area (Å²) in [6.07, 6.45) is 0. The zero-order valence-corrected chi connectivity index (χ0v) is 15.1. The van der Waals surface area contributed by atoms with Gasteiger partial charge in [-0.2, -0.15) is 4.39 Å². The topological polar surface area (TPSA) is 49.8 Å². The van der Waals surface area contributed by atoms with Crippen molar-refractivity contribution in [1.29, 1.82) is 0 Å². The van der Waals surface area contributed by atoms with Gasteiger partial charge < -0.3 is 14.7 Å². The standard InChI is InChI=1S/C21H15F4NO3/c1-29-20-16(23)10-17(18(24)19(20)25)26(11-12-4-2-6-14(22)8-12)15-7-3-5-13(9-15)21(27)28/h2-10H,11H2,1H3,(H,27,28). The molecule has 3 rings (SSSR count). The molecule has 29 heavy (non-hydrogen) atoms. The molecule has 0 aliphatic carbocycles. The number of aromatic carboxylic acids is 1. The first-order valence-electron chi connectivity index (χ1n) is 8.38. The Morgan fingerprint density at radius 2 is 1.72 bits per heavy atom. The summed E-state index contributed by atoms with van der Waals surface area (Å²) in [5.74, 6) is -6.71. The van der Waals surface area contributed by atoms with Crippen LogP contribution in [0.15, 0.2) is 54.6 Å². The summed E-state index contributed by atoms with van der Waals surface area (Å²) in [7, 11) is 1.00. The third-order valence-electron chi connectivity index (χ3n) is 4.23. The van der Waals surface area contributed by atoms with Crippen LogP contribution in [0.4, 0.5) is 28.9 Å². The third kappa shape index (κ3) is 4.16. The van der Waals surface area contributed by atoms with Crippen LogP contribution < -0.4 is 9.64 Å². The minimum atomic E-state index is -1.53. The molecular weight excluding hydrogens is 390 g/mol. The highest BCUT2D eigenvalue weighted by Gasteiger charge is 2.24. The summed E-state index contributed by atoms with van der Waals surface area (Å²) in [6, 6.07) is 11.5. The minimum absolute atomic E-state index is 0.110. The molecular formula is C21H15F4NO3. The number of rotatable bonds is 6. The third-order valence-corrected chi connectivity index (χ3v) is 4.23. The second-order valence-corrected chi connectivity index (χ2v) is 6.11. The van der Waals surface area contributed by atoms with Crippen LogP contribution in [0.2, 0.25) is 0 Å². The second kappa shape index (κ2) is 8.22. The number of ether oxygens (including phenoxy) is 1. The van der Waals surface area contributed by atoms with Gasteiger partial charge in [0.25, 0.3) is 0 Å². The van der Waals surface area contributed by atoms with Crippen molar-refractivity contribution in [2.45, 2.75) is 6.54 Å². The van der Waals surface area contributed by atoms with Crippen molar-refractivity contribution >= 4 is 17.3 Å². The van der Waals surface area contributed by atoms with E-state index in [2.05, 4.69) is 4.74 Å². The van der Waals surface area contributed by atoms with E-state index in [1.807, 2.05) is 0 Å². The summed E-state index contributed by atoms with van der Waals surface area (Å²) in [5.41, 5.74) is -0.0759. The molecule has 0 atom stereocenters. The summed E-state index contributed by atoms with van der Waals surface area (Å²) in [6.45, 7) is -0.178. The number of hydrogen-bond donors (Lipinski definition) is 1. The molecule has 0 aliphatic heterocycles. The molecule has 0 saturated heterocycles. The van der Waals surface area contributed by atoms with Crippen LogP contribution in [0.3, 0.4) is 0 Å². The van der Waals surface area contributed by atoms with Crippen molar-refractivity contribution in [1.82, 2.24) is 0 Å². The van der Waals surface area contributed by atoms with Crippen LogP contribution in [0.25, 0.3) is 0 Å². The molecule has 0 bridgehead atoms. The van der Waals surface area contributed by atoms with E-state index in [1.165, 1.54) is 42.5 Å². The number of carboxylic acids is 1. The van der Waals surface area contributed by atoms with E-state index in [0.717, 1.165) is 18.1 Å². The number of carboxylic acid groups (broad SMARTS) is 1. The normalized spacial score (nSPS) is 10.7. The fourth-order valence-electron chi connectivity index (χ4n) is 2.89. The first-order valence-corrected chi connectivity index (χ1v) is 8.38. The monoisotopic (exact) mass is 405 g/mol. The van der Waals surface area contributed by atoms with Gasteiger partial charge in [0.1, 0.15) is 5.82 Å². The van der Waals surface area contributed by atoms with Crippen LogP contribution in [0.5, 0.6) is 5.75 Å². The van der Waals surface area contributed by atoms with Crippen molar-refractivity contribution < 1.29 is 32.2 Å². The molecule has 0 amide bonds. The predicted molar refractivity (Wildman–Crippen MR) is 98.5 cm³/mol. The van der Waals surface area contributed by atoms with Gasteiger partial charge in [0.2, 0.25) is 5.82 Å². The molecule has 0 fully saturated rings. The molecule has 0 aromatic heterocycles. The van der Waals surface area contributed by atoms with Crippen LogP contribution in [-0.4, -0.2) is 18.2 Å².